The number of aliphatic hydroxyl groups is 1. The molecule has 0 aliphatic carbocycles. The van der Waals surface area contributed by atoms with E-state index in [0.717, 1.165) is 35.0 Å². The van der Waals surface area contributed by atoms with Gasteiger partial charge in [0, 0.05) is 29.5 Å². The summed E-state index contributed by atoms with van der Waals surface area (Å²) in [7, 11) is 0. The monoisotopic (exact) mass is 471 g/mol. The third-order valence-electron chi connectivity index (χ3n) is 5.14. The maximum atomic E-state index is 14.9. The first-order valence-corrected chi connectivity index (χ1v) is 11.1. The average molecular weight is 472 g/mol. The number of rotatable bonds is 7. The first-order chi connectivity index (χ1) is 14.9. The van der Waals surface area contributed by atoms with Crippen LogP contribution in [0.2, 0.25) is 0 Å². The van der Waals surface area contributed by atoms with E-state index in [2.05, 4.69) is 9.71 Å². The van der Waals surface area contributed by atoms with E-state index >= 15 is 0 Å². The third-order valence-corrected chi connectivity index (χ3v) is 5.85. The predicted molar refractivity (Wildman–Crippen MR) is 115 cm³/mol. The number of amides is 1. The molecule has 10 heteroatoms. The van der Waals surface area contributed by atoms with Crippen molar-refractivity contribution in [1.82, 2.24) is 14.6 Å². The molecule has 2 N–H and O–H groups in total. The molecule has 3 rings (SSSR count). The Labute approximate surface area is 188 Å². The summed E-state index contributed by atoms with van der Waals surface area (Å²) in [6, 6.07) is 5.42. The lowest BCUT2D eigenvalue weighted by Gasteiger charge is -2.31. The predicted octanol–water partition coefficient (Wildman–Crippen LogP) is 3.81. The van der Waals surface area contributed by atoms with Crippen LogP contribution in [0, 0.1) is 11.6 Å². The van der Waals surface area contributed by atoms with Gasteiger partial charge in [0.15, 0.2) is 0 Å². The van der Waals surface area contributed by atoms with E-state index in [1.165, 1.54) is 13.8 Å². The summed E-state index contributed by atoms with van der Waals surface area (Å²) in [6.45, 7) is 3.48. The lowest BCUT2D eigenvalue weighted by molar-refractivity contribution is -0.149. The van der Waals surface area contributed by atoms with E-state index in [1.807, 2.05) is 6.92 Å². The standard InChI is InChI=1S/C22H25F4N3O2S/c1-4-32-28-19-18(29(12-22(19,25)26)20(30)21(2,3)31)11-16-6-5-7-17(27-16)13-8-14(23)10-15(24)9-13/h5-10,18-19,28,31H,4,11-12H2,1-3H3/t18-,19+/m0/s1. The van der Waals surface area contributed by atoms with E-state index in [-0.39, 0.29) is 17.7 Å². The number of halogens is 4. The number of pyridine rings is 1. The van der Waals surface area contributed by atoms with Crippen LogP contribution in [0.1, 0.15) is 26.5 Å². The van der Waals surface area contributed by atoms with Gasteiger partial charge in [0.2, 0.25) is 0 Å². The largest absolute Gasteiger partial charge is 0.381 e. The molecule has 1 fully saturated rings. The van der Waals surface area contributed by atoms with Crippen molar-refractivity contribution >= 4 is 17.9 Å². The summed E-state index contributed by atoms with van der Waals surface area (Å²) >= 11 is 1.11. The highest BCUT2D eigenvalue weighted by Gasteiger charge is 2.57. The summed E-state index contributed by atoms with van der Waals surface area (Å²) < 4.78 is 59.7. The number of alkyl halides is 2. The summed E-state index contributed by atoms with van der Waals surface area (Å²) in [5.41, 5.74) is -0.966. The molecule has 1 amide bonds. The topological polar surface area (TPSA) is 65.5 Å². The first-order valence-electron chi connectivity index (χ1n) is 10.1. The Morgan fingerprint density at radius 3 is 2.53 bits per heavy atom. The Hall–Kier alpha value is -2.17. The number of likely N-dealkylation sites (tertiary alicyclic amines) is 1. The molecule has 174 valence electrons. The fourth-order valence-corrected chi connectivity index (χ4v) is 4.39. The SMILES string of the molecule is CCSN[C@@H]1[C@H](Cc2cccc(-c3cc(F)cc(F)c3)n2)N(C(=O)C(C)(C)O)CC1(F)F. The number of hydrogen-bond acceptors (Lipinski definition) is 5. The molecule has 1 aromatic heterocycles. The minimum absolute atomic E-state index is 0.0367. The van der Waals surface area contributed by atoms with Crippen LogP contribution in [0.25, 0.3) is 11.3 Å². The molecule has 0 unspecified atom stereocenters. The second kappa shape index (κ2) is 9.36. The van der Waals surface area contributed by atoms with Crippen molar-refractivity contribution in [3.63, 3.8) is 0 Å². The molecule has 1 aliphatic rings. The summed E-state index contributed by atoms with van der Waals surface area (Å²) in [5, 5.41) is 10.2. The zero-order valence-corrected chi connectivity index (χ0v) is 18.7. The Morgan fingerprint density at radius 1 is 1.28 bits per heavy atom. The number of nitrogens with one attached hydrogen (secondary N) is 1. The highest BCUT2D eigenvalue weighted by atomic mass is 32.2. The molecule has 2 aromatic rings. The molecule has 5 nitrogen and oxygen atoms in total. The third kappa shape index (κ3) is 5.41. The van der Waals surface area contributed by atoms with Gasteiger partial charge in [0.05, 0.1) is 18.3 Å². The van der Waals surface area contributed by atoms with Crippen molar-refractivity contribution in [1.29, 1.82) is 0 Å². The lowest BCUT2D eigenvalue weighted by atomic mass is 10.00. The van der Waals surface area contributed by atoms with Crippen molar-refractivity contribution in [2.45, 2.75) is 50.8 Å². The van der Waals surface area contributed by atoms with Crippen LogP contribution in [0.3, 0.4) is 0 Å². The first kappa shape index (κ1) is 24.5. The highest BCUT2D eigenvalue weighted by Crippen LogP contribution is 2.36. The van der Waals surface area contributed by atoms with Gasteiger partial charge in [-0.2, -0.15) is 0 Å². The van der Waals surface area contributed by atoms with Crippen LogP contribution in [-0.4, -0.2) is 56.8 Å². The lowest BCUT2D eigenvalue weighted by Crippen LogP contribution is -2.52. The number of benzene rings is 1. The van der Waals surface area contributed by atoms with E-state index in [1.54, 1.807) is 18.2 Å². The maximum Gasteiger partial charge on any atom is 0.283 e. The fourth-order valence-electron chi connectivity index (χ4n) is 3.71. The molecule has 0 bridgehead atoms. The molecular formula is C22H25F4N3O2S. The maximum absolute atomic E-state index is 14.9. The Kier molecular flexibility index (Phi) is 7.16. The smallest absolute Gasteiger partial charge is 0.283 e. The van der Waals surface area contributed by atoms with Gasteiger partial charge < -0.3 is 10.0 Å². The quantitative estimate of drug-likeness (QED) is 0.475. The van der Waals surface area contributed by atoms with Crippen LogP contribution in [0.15, 0.2) is 36.4 Å². The van der Waals surface area contributed by atoms with Gasteiger partial charge in [-0.25, -0.2) is 17.6 Å². The minimum atomic E-state index is -3.23. The van der Waals surface area contributed by atoms with Crippen LogP contribution in [0.5, 0.6) is 0 Å². The van der Waals surface area contributed by atoms with E-state index in [4.69, 9.17) is 0 Å². The van der Waals surface area contributed by atoms with E-state index in [9.17, 15) is 27.5 Å². The second-order valence-electron chi connectivity index (χ2n) is 8.23. The van der Waals surface area contributed by atoms with Crippen molar-refractivity contribution in [3.05, 3.63) is 53.7 Å². The minimum Gasteiger partial charge on any atom is -0.381 e. The van der Waals surface area contributed by atoms with Crippen LogP contribution in [0.4, 0.5) is 17.6 Å². The Bertz CT molecular complexity index is 964. The molecule has 1 aliphatic heterocycles. The molecule has 0 radical (unpaired) electrons. The van der Waals surface area contributed by atoms with E-state index < -0.39 is 47.7 Å². The molecule has 32 heavy (non-hydrogen) atoms. The Morgan fingerprint density at radius 2 is 1.94 bits per heavy atom. The average Bonchev–Trinajstić information content (AvgIpc) is 2.94. The van der Waals surface area contributed by atoms with Crippen molar-refractivity contribution < 1.29 is 27.5 Å². The number of hydrogen-bond donors (Lipinski definition) is 2. The van der Waals surface area contributed by atoms with Gasteiger partial charge in [-0.05, 0) is 38.1 Å². The summed E-state index contributed by atoms with van der Waals surface area (Å²) in [6.07, 6.45) is -0.0367. The van der Waals surface area contributed by atoms with Crippen molar-refractivity contribution in [3.8, 4) is 11.3 Å². The number of nitrogens with zero attached hydrogens (tertiary/aromatic N) is 2. The van der Waals surface area contributed by atoms with E-state index in [0.29, 0.717) is 11.4 Å². The van der Waals surface area contributed by atoms with Crippen LogP contribution in [-0.2, 0) is 11.2 Å². The van der Waals surface area contributed by atoms with Crippen molar-refractivity contribution in [2.75, 3.05) is 12.3 Å². The molecule has 0 spiro atoms. The number of aromatic nitrogens is 1. The Balaban J connectivity index is 1.96. The second-order valence-corrected chi connectivity index (χ2v) is 9.33. The van der Waals surface area contributed by atoms with Gasteiger partial charge in [-0.3, -0.25) is 14.5 Å². The normalized spacial score (nSPS) is 20.6. The molecule has 2 heterocycles. The van der Waals surface area contributed by atoms with Gasteiger partial charge in [0.1, 0.15) is 23.3 Å². The van der Waals surface area contributed by atoms with Gasteiger partial charge >= 0.3 is 0 Å². The summed E-state index contributed by atoms with van der Waals surface area (Å²) in [4.78, 5) is 18.1. The van der Waals surface area contributed by atoms with Crippen LogP contribution >= 0.6 is 11.9 Å². The molecule has 1 aromatic carbocycles. The van der Waals surface area contributed by atoms with Gasteiger partial charge in [0.25, 0.3) is 11.8 Å². The van der Waals surface area contributed by atoms with Gasteiger partial charge in [-0.1, -0.05) is 24.9 Å². The van der Waals surface area contributed by atoms with Crippen LogP contribution < -0.4 is 4.72 Å². The molecule has 2 atom stereocenters. The zero-order chi connectivity index (χ0) is 23.7. The number of carbonyl (C=O) groups excluding carboxylic acids is 1. The summed E-state index contributed by atoms with van der Waals surface area (Å²) in [5.74, 6) is -5.01. The molecule has 1 saturated heterocycles. The fraction of sp³-hybridized carbons (Fsp3) is 0.455. The molecular weight excluding hydrogens is 446 g/mol. The zero-order valence-electron chi connectivity index (χ0n) is 17.9. The molecule has 0 saturated carbocycles. The van der Waals surface area contributed by atoms with Gasteiger partial charge in [-0.15, -0.1) is 0 Å². The highest BCUT2D eigenvalue weighted by molar-refractivity contribution is 7.97. The number of carbonyl (C=O) groups is 1. The van der Waals surface area contributed by atoms with Crippen molar-refractivity contribution in [2.24, 2.45) is 0 Å².